The Hall–Kier alpha value is -0.380. The van der Waals surface area contributed by atoms with E-state index in [4.69, 9.17) is 0 Å². The molecule has 3 heteroatoms. The zero-order valence-corrected chi connectivity index (χ0v) is 10.7. The summed E-state index contributed by atoms with van der Waals surface area (Å²) >= 11 is 1.68. The van der Waals surface area contributed by atoms with Gasteiger partial charge >= 0.3 is 0 Å². The SMILES string of the molecule is CCCNCCC(C)(O)c1ccc(C)s1. The smallest absolute Gasteiger partial charge is 0.0972 e. The molecule has 1 aromatic heterocycles. The van der Waals surface area contributed by atoms with Crippen LogP contribution >= 0.6 is 11.3 Å². The van der Waals surface area contributed by atoms with E-state index < -0.39 is 5.60 Å². The molecule has 0 aromatic carbocycles. The molecule has 0 bridgehead atoms. The number of thiophene rings is 1. The summed E-state index contributed by atoms with van der Waals surface area (Å²) in [4.78, 5) is 2.32. The highest BCUT2D eigenvalue weighted by molar-refractivity contribution is 7.12. The lowest BCUT2D eigenvalue weighted by atomic mass is 10.0. The van der Waals surface area contributed by atoms with Gasteiger partial charge in [-0.25, -0.2) is 0 Å². The molecule has 0 aliphatic rings. The third-order valence-corrected chi connectivity index (χ3v) is 3.74. The third kappa shape index (κ3) is 3.93. The number of hydrogen-bond acceptors (Lipinski definition) is 3. The summed E-state index contributed by atoms with van der Waals surface area (Å²) in [6.45, 7) is 8.01. The number of nitrogens with one attached hydrogen (secondary N) is 1. The molecule has 0 spiro atoms. The average molecular weight is 227 g/mol. The fourth-order valence-corrected chi connectivity index (χ4v) is 2.42. The van der Waals surface area contributed by atoms with E-state index in [0.29, 0.717) is 0 Å². The van der Waals surface area contributed by atoms with Crippen LogP contribution in [0.25, 0.3) is 0 Å². The Morgan fingerprint density at radius 3 is 2.67 bits per heavy atom. The van der Waals surface area contributed by atoms with Gasteiger partial charge in [0.2, 0.25) is 0 Å². The molecule has 86 valence electrons. The van der Waals surface area contributed by atoms with E-state index in [1.807, 2.05) is 13.0 Å². The molecule has 1 unspecified atom stereocenters. The topological polar surface area (TPSA) is 32.3 Å². The van der Waals surface area contributed by atoms with Crippen molar-refractivity contribution >= 4 is 11.3 Å². The van der Waals surface area contributed by atoms with E-state index in [-0.39, 0.29) is 0 Å². The van der Waals surface area contributed by atoms with Gasteiger partial charge in [-0.2, -0.15) is 0 Å². The first-order valence-electron chi connectivity index (χ1n) is 5.56. The van der Waals surface area contributed by atoms with Gasteiger partial charge in [0.1, 0.15) is 0 Å². The Morgan fingerprint density at radius 1 is 1.40 bits per heavy atom. The second-order valence-corrected chi connectivity index (χ2v) is 5.47. The summed E-state index contributed by atoms with van der Waals surface area (Å²) < 4.78 is 0. The number of aliphatic hydroxyl groups is 1. The lowest BCUT2D eigenvalue weighted by Gasteiger charge is -2.21. The van der Waals surface area contributed by atoms with Crippen molar-refractivity contribution in [1.82, 2.24) is 5.32 Å². The molecule has 1 atom stereocenters. The van der Waals surface area contributed by atoms with Crippen molar-refractivity contribution in [3.05, 3.63) is 21.9 Å². The van der Waals surface area contributed by atoms with E-state index in [9.17, 15) is 5.11 Å². The van der Waals surface area contributed by atoms with Crippen LogP contribution in [0.3, 0.4) is 0 Å². The number of rotatable bonds is 6. The lowest BCUT2D eigenvalue weighted by molar-refractivity contribution is 0.0518. The molecule has 0 saturated carbocycles. The Kier molecular flexibility index (Phi) is 4.77. The second-order valence-electron chi connectivity index (χ2n) is 4.18. The summed E-state index contributed by atoms with van der Waals surface area (Å²) in [6, 6.07) is 4.09. The second kappa shape index (κ2) is 5.64. The standard InChI is InChI=1S/C12H21NOS/c1-4-8-13-9-7-12(3,14)11-6-5-10(2)15-11/h5-6,13-14H,4,7-9H2,1-3H3. The highest BCUT2D eigenvalue weighted by Gasteiger charge is 2.23. The number of aryl methyl sites for hydroxylation is 1. The van der Waals surface area contributed by atoms with Gasteiger partial charge in [-0.05, 0) is 51.9 Å². The summed E-state index contributed by atoms with van der Waals surface area (Å²) in [5, 5.41) is 13.6. The maximum absolute atomic E-state index is 10.3. The molecule has 1 heterocycles. The molecule has 0 aliphatic heterocycles. The van der Waals surface area contributed by atoms with Crippen molar-refractivity contribution < 1.29 is 5.11 Å². The van der Waals surface area contributed by atoms with Crippen molar-refractivity contribution in [1.29, 1.82) is 0 Å². The Balaban J connectivity index is 2.44. The number of hydrogen-bond donors (Lipinski definition) is 2. The normalized spacial score (nSPS) is 15.2. The van der Waals surface area contributed by atoms with Gasteiger partial charge in [-0.15, -0.1) is 11.3 Å². The van der Waals surface area contributed by atoms with Crippen LogP contribution in [-0.4, -0.2) is 18.2 Å². The monoisotopic (exact) mass is 227 g/mol. The van der Waals surface area contributed by atoms with Gasteiger partial charge in [0.25, 0.3) is 0 Å². The minimum absolute atomic E-state index is 0.681. The van der Waals surface area contributed by atoms with Gasteiger partial charge in [-0.3, -0.25) is 0 Å². The fraction of sp³-hybridized carbons (Fsp3) is 0.667. The highest BCUT2D eigenvalue weighted by atomic mass is 32.1. The molecule has 2 nitrogen and oxygen atoms in total. The molecule has 2 N–H and O–H groups in total. The Bertz CT molecular complexity index is 294. The van der Waals surface area contributed by atoms with Crippen molar-refractivity contribution in [2.24, 2.45) is 0 Å². The van der Waals surface area contributed by atoms with Gasteiger partial charge in [0, 0.05) is 9.75 Å². The van der Waals surface area contributed by atoms with E-state index in [2.05, 4.69) is 25.2 Å². The zero-order valence-electron chi connectivity index (χ0n) is 9.84. The predicted octanol–water partition coefficient (Wildman–Crippen LogP) is 2.65. The predicted molar refractivity (Wildman–Crippen MR) is 66.4 cm³/mol. The van der Waals surface area contributed by atoms with Crippen molar-refractivity contribution in [3.63, 3.8) is 0 Å². The third-order valence-electron chi connectivity index (χ3n) is 2.49. The summed E-state index contributed by atoms with van der Waals surface area (Å²) in [7, 11) is 0. The molecule has 0 radical (unpaired) electrons. The largest absolute Gasteiger partial charge is 0.385 e. The van der Waals surface area contributed by atoms with E-state index in [0.717, 1.165) is 30.8 Å². The van der Waals surface area contributed by atoms with Crippen molar-refractivity contribution in [3.8, 4) is 0 Å². The summed E-state index contributed by atoms with van der Waals surface area (Å²) in [6.07, 6.45) is 1.91. The highest BCUT2D eigenvalue weighted by Crippen LogP contribution is 2.30. The Morgan fingerprint density at radius 2 is 2.13 bits per heavy atom. The van der Waals surface area contributed by atoms with Crippen LogP contribution in [0.4, 0.5) is 0 Å². The summed E-state index contributed by atoms with van der Waals surface area (Å²) in [5.41, 5.74) is -0.681. The molecular weight excluding hydrogens is 206 g/mol. The van der Waals surface area contributed by atoms with Crippen LogP contribution in [-0.2, 0) is 5.60 Å². The van der Waals surface area contributed by atoms with Crippen molar-refractivity contribution in [2.75, 3.05) is 13.1 Å². The molecule has 1 aromatic rings. The van der Waals surface area contributed by atoms with Crippen LogP contribution in [0.2, 0.25) is 0 Å². The first kappa shape index (κ1) is 12.7. The molecule has 0 amide bonds. The van der Waals surface area contributed by atoms with Gasteiger partial charge in [-0.1, -0.05) is 6.92 Å². The molecule has 0 fully saturated rings. The van der Waals surface area contributed by atoms with Crippen LogP contribution < -0.4 is 5.32 Å². The van der Waals surface area contributed by atoms with Crippen LogP contribution in [0.15, 0.2) is 12.1 Å². The minimum atomic E-state index is -0.681. The van der Waals surface area contributed by atoms with Crippen LogP contribution in [0, 0.1) is 6.92 Å². The van der Waals surface area contributed by atoms with Crippen LogP contribution in [0.1, 0.15) is 36.4 Å². The zero-order chi connectivity index (χ0) is 11.3. The first-order chi connectivity index (χ1) is 7.06. The van der Waals surface area contributed by atoms with E-state index in [1.165, 1.54) is 4.88 Å². The van der Waals surface area contributed by atoms with E-state index in [1.54, 1.807) is 11.3 Å². The minimum Gasteiger partial charge on any atom is -0.385 e. The van der Waals surface area contributed by atoms with Gasteiger partial charge in [0.05, 0.1) is 5.60 Å². The van der Waals surface area contributed by atoms with Gasteiger partial charge in [0.15, 0.2) is 0 Å². The molecule has 0 aliphatic carbocycles. The maximum atomic E-state index is 10.3. The van der Waals surface area contributed by atoms with Gasteiger partial charge < -0.3 is 10.4 Å². The molecule has 15 heavy (non-hydrogen) atoms. The lowest BCUT2D eigenvalue weighted by Crippen LogP contribution is -2.27. The Labute approximate surface area is 96.3 Å². The average Bonchev–Trinajstić information content (AvgIpc) is 2.60. The van der Waals surface area contributed by atoms with Crippen molar-refractivity contribution in [2.45, 2.75) is 39.2 Å². The molecule has 0 saturated heterocycles. The quantitative estimate of drug-likeness (QED) is 0.732. The maximum Gasteiger partial charge on any atom is 0.0972 e. The molecular formula is C12H21NOS. The first-order valence-corrected chi connectivity index (χ1v) is 6.38. The summed E-state index contributed by atoms with van der Waals surface area (Å²) in [5.74, 6) is 0. The van der Waals surface area contributed by atoms with E-state index >= 15 is 0 Å². The van der Waals surface area contributed by atoms with Crippen LogP contribution in [0.5, 0.6) is 0 Å². The fourth-order valence-electron chi connectivity index (χ4n) is 1.48. The molecule has 1 rings (SSSR count).